The summed E-state index contributed by atoms with van der Waals surface area (Å²) < 4.78 is 7.12. The number of hydrogen-bond donors (Lipinski definition) is 0. The highest BCUT2D eigenvalue weighted by molar-refractivity contribution is 5.72. The molecule has 4 aromatic rings. The van der Waals surface area contributed by atoms with Crippen LogP contribution in [-0.2, 0) is 0 Å². The topological polar surface area (TPSA) is 82.0 Å². The molecule has 7 heteroatoms. The summed E-state index contributed by atoms with van der Waals surface area (Å²) in [5, 5.41) is 11.9. The average molecular weight is 264 g/mol. The fourth-order valence-electron chi connectivity index (χ4n) is 1.97. The number of aromatic nitrogens is 6. The van der Waals surface area contributed by atoms with Gasteiger partial charge in [0.1, 0.15) is 6.33 Å². The summed E-state index contributed by atoms with van der Waals surface area (Å²) in [4.78, 5) is 8.36. The van der Waals surface area contributed by atoms with E-state index >= 15 is 0 Å². The van der Waals surface area contributed by atoms with Crippen LogP contribution in [0.25, 0.3) is 28.5 Å². The molecule has 0 atom stereocenters. The number of nitrogens with zero attached hydrogens (tertiary/aromatic N) is 6. The van der Waals surface area contributed by atoms with Gasteiger partial charge in [0.15, 0.2) is 5.65 Å². The van der Waals surface area contributed by atoms with E-state index in [4.69, 9.17) is 4.52 Å². The first-order chi connectivity index (χ1) is 9.92. The minimum Gasteiger partial charge on any atom is -0.333 e. The van der Waals surface area contributed by atoms with Gasteiger partial charge < -0.3 is 4.52 Å². The summed E-state index contributed by atoms with van der Waals surface area (Å²) >= 11 is 0. The van der Waals surface area contributed by atoms with Crippen molar-refractivity contribution in [2.45, 2.75) is 0 Å². The maximum Gasteiger partial charge on any atom is 0.262 e. The van der Waals surface area contributed by atoms with Gasteiger partial charge in [-0.15, -0.1) is 10.2 Å². The molecule has 0 fully saturated rings. The molecule has 0 unspecified atom stereocenters. The maximum absolute atomic E-state index is 5.32. The normalized spacial score (nSPS) is 11.0. The van der Waals surface area contributed by atoms with Crippen molar-refractivity contribution in [3.05, 3.63) is 49.2 Å². The quantitative estimate of drug-likeness (QED) is 0.549. The van der Waals surface area contributed by atoms with Crippen LogP contribution >= 0.6 is 0 Å². The summed E-state index contributed by atoms with van der Waals surface area (Å²) in [6.07, 6.45) is 6.85. The molecule has 0 aliphatic carbocycles. The largest absolute Gasteiger partial charge is 0.333 e. The lowest BCUT2D eigenvalue weighted by molar-refractivity contribution is 0.432. The van der Waals surface area contributed by atoms with Gasteiger partial charge in [-0.2, -0.15) is 4.98 Å². The second-order valence-electron chi connectivity index (χ2n) is 4.14. The smallest absolute Gasteiger partial charge is 0.262 e. The van der Waals surface area contributed by atoms with Gasteiger partial charge in [-0.3, -0.25) is 9.38 Å². The molecule has 0 amide bonds. The van der Waals surface area contributed by atoms with Crippen LogP contribution < -0.4 is 0 Å². The fraction of sp³-hybridized carbons (Fsp3) is 0. The summed E-state index contributed by atoms with van der Waals surface area (Å²) in [7, 11) is 0. The highest BCUT2D eigenvalue weighted by atomic mass is 16.5. The van der Waals surface area contributed by atoms with Gasteiger partial charge in [0.2, 0.25) is 5.82 Å². The molecule has 0 radical (unpaired) electrons. The van der Waals surface area contributed by atoms with Gasteiger partial charge in [-0.25, -0.2) is 0 Å². The lowest BCUT2D eigenvalue weighted by atomic mass is 10.2. The fourth-order valence-corrected chi connectivity index (χ4v) is 1.97. The highest BCUT2D eigenvalue weighted by Crippen LogP contribution is 2.24. The molecule has 4 aromatic heterocycles. The Morgan fingerprint density at radius 2 is 2.00 bits per heavy atom. The van der Waals surface area contributed by atoms with Crippen LogP contribution in [0.4, 0.5) is 0 Å². The van der Waals surface area contributed by atoms with Crippen LogP contribution in [0.3, 0.4) is 0 Å². The van der Waals surface area contributed by atoms with E-state index in [2.05, 4.69) is 25.3 Å². The molecule has 4 heterocycles. The molecule has 0 spiro atoms. The third kappa shape index (κ3) is 1.64. The molecule has 0 saturated heterocycles. The lowest BCUT2D eigenvalue weighted by Gasteiger charge is -1.96. The minimum absolute atomic E-state index is 0.412. The van der Waals surface area contributed by atoms with Crippen LogP contribution in [-0.4, -0.2) is 29.7 Å². The van der Waals surface area contributed by atoms with E-state index in [1.54, 1.807) is 23.1 Å². The standard InChI is InChI=1S/C13H8N6O/c1-2-10(12-17-15-8-19(12)7-1)13-16-11(18-20-13)9-3-5-14-6-4-9/h1-8H. The molecule has 0 aliphatic rings. The Balaban J connectivity index is 1.84. The van der Waals surface area contributed by atoms with Crippen molar-refractivity contribution in [2.75, 3.05) is 0 Å². The molecular weight excluding hydrogens is 256 g/mol. The van der Waals surface area contributed by atoms with Crippen molar-refractivity contribution in [1.82, 2.24) is 29.7 Å². The van der Waals surface area contributed by atoms with Gasteiger partial charge >= 0.3 is 0 Å². The zero-order chi connectivity index (χ0) is 13.4. The Hall–Kier alpha value is -3.09. The molecule has 0 bridgehead atoms. The Labute approximate surface area is 112 Å². The summed E-state index contributed by atoms with van der Waals surface area (Å²) in [6.45, 7) is 0. The maximum atomic E-state index is 5.32. The second kappa shape index (κ2) is 4.23. The van der Waals surface area contributed by atoms with E-state index in [1.807, 2.05) is 30.5 Å². The number of fused-ring (bicyclic) bond motifs is 1. The van der Waals surface area contributed by atoms with Crippen molar-refractivity contribution in [1.29, 1.82) is 0 Å². The summed E-state index contributed by atoms with van der Waals surface area (Å²) in [5.41, 5.74) is 2.28. The minimum atomic E-state index is 0.412. The Morgan fingerprint density at radius 1 is 1.10 bits per heavy atom. The van der Waals surface area contributed by atoms with Crippen LogP contribution in [0.15, 0.2) is 53.7 Å². The van der Waals surface area contributed by atoms with E-state index in [9.17, 15) is 0 Å². The third-order valence-electron chi connectivity index (χ3n) is 2.92. The van der Waals surface area contributed by atoms with E-state index in [1.165, 1.54) is 0 Å². The number of hydrogen-bond acceptors (Lipinski definition) is 6. The SMILES string of the molecule is c1cc(-c2nc(-c3ccncc3)no2)c2nncn2c1. The van der Waals surface area contributed by atoms with Crippen molar-refractivity contribution >= 4 is 5.65 Å². The molecule has 7 nitrogen and oxygen atoms in total. The van der Waals surface area contributed by atoms with Crippen LogP contribution in [0.1, 0.15) is 0 Å². The van der Waals surface area contributed by atoms with Gasteiger partial charge in [-0.05, 0) is 24.3 Å². The first-order valence-corrected chi connectivity index (χ1v) is 5.95. The first kappa shape index (κ1) is 10.8. The van der Waals surface area contributed by atoms with E-state index in [0.29, 0.717) is 17.4 Å². The van der Waals surface area contributed by atoms with E-state index in [0.717, 1.165) is 11.1 Å². The van der Waals surface area contributed by atoms with E-state index < -0.39 is 0 Å². The molecular formula is C13H8N6O. The number of pyridine rings is 2. The Kier molecular flexibility index (Phi) is 2.28. The van der Waals surface area contributed by atoms with Gasteiger partial charge in [0.25, 0.3) is 5.89 Å². The molecule has 96 valence electrons. The van der Waals surface area contributed by atoms with Crippen LogP contribution in [0.5, 0.6) is 0 Å². The number of rotatable bonds is 2. The van der Waals surface area contributed by atoms with Gasteiger partial charge in [0, 0.05) is 24.2 Å². The summed E-state index contributed by atoms with van der Waals surface area (Å²) in [6, 6.07) is 7.40. The molecule has 0 aromatic carbocycles. The first-order valence-electron chi connectivity index (χ1n) is 5.95. The predicted molar refractivity (Wildman–Crippen MR) is 69.5 cm³/mol. The third-order valence-corrected chi connectivity index (χ3v) is 2.92. The molecule has 0 saturated carbocycles. The van der Waals surface area contributed by atoms with Crippen molar-refractivity contribution < 1.29 is 4.52 Å². The van der Waals surface area contributed by atoms with E-state index in [-0.39, 0.29) is 0 Å². The Bertz CT molecular complexity index is 867. The van der Waals surface area contributed by atoms with Crippen LogP contribution in [0.2, 0.25) is 0 Å². The lowest BCUT2D eigenvalue weighted by Crippen LogP contribution is -1.87. The van der Waals surface area contributed by atoms with Crippen molar-refractivity contribution in [2.24, 2.45) is 0 Å². The highest BCUT2D eigenvalue weighted by Gasteiger charge is 2.14. The predicted octanol–water partition coefficient (Wildman–Crippen LogP) is 1.84. The van der Waals surface area contributed by atoms with Gasteiger partial charge in [0.05, 0.1) is 5.56 Å². The second-order valence-corrected chi connectivity index (χ2v) is 4.14. The summed E-state index contributed by atoms with van der Waals surface area (Å²) in [5.74, 6) is 0.930. The molecule has 20 heavy (non-hydrogen) atoms. The molecule has 0 aliphatic heterocycles. The molecule has 4 rings (SSSR count). The molecule has 0 N–H and O–H groups in total. The average Bonchev–Trinajstić information content (AvgIpc) is 3.17. The Morgan fingerprint density at radius 3 is 2.90 bits per heavy atom. The monoisotopic (exact) mass is 264 g/mol. The zero-order valence-corrected chi connectivity index (χ0v) is 10.2. The van der Waals surface area contributed by atoms with Crippen molar-refractivity contribution in [3.8, 4) is 22.8 Å². The van der Waals surface area contributed by atoms with Crippen LogP contribution in [0, 0.1) is 0 Å². The zero-order valence-electron chi connectivity index (χ0n) is 10.2. The van der Waals surface area contributed by atoms with Gasteiger partial charge in [-0.1, -0.05) is 5.16 Å². The van der Waals surface area contributed by atoms with Crippen molar-refractivity contribution in [3.63, 3.8) is 0 Å².